The van der Waals surface area contributed by atoms with Gasteiger partial charge < -0.3 is 10.1 Å². The van der Waals surface area contributed by atoms with Crippen molar-refractivity contribution in [2.45, 2.75) is 45.7 Å². The number of carbonyl (C=O) groups is 1. The molecule has 1 unspecified atom stereocenters. The lowest BCUT2D eigenvalue weighted by molar-refractivity contribution is 0.0943. The summed E-state index contributed by atoms with van der Waals surface area (Å²) in [5.41, 5.74) is 0.724. The van der Waals surface area contributed by atoms with Crippen LogP contribution in [-0.4, -0.2) is 25.0 Å². The third-order valence-electron chi connectivity index (χ3n) is 3.24. The molecule has 100 valence electrons. The third kappa shape index (κ3) is 3.84. The SMILES string of the molecule is CCC(CC)NC(C)C(=O)c1ccc(OC)cc1. The monoisotopic (exact) mass is 249 g/mol. The first-order valence-corrected chi connectivity index (χ1v) is 6.56. The molecule has 0 aliphatic heterocycles. The van der Waals surface area contributed by atoms with Crippen LogP contribution in [0.15, 0.2) is 24.3 Å². The predicted molar refractivity (Wildman–Crippen MR) is 74.3 cm³/mol. The summed E-state index contributed by atoms with van der Waals surface area (Å²) in [6.07, 6.45) is 2.08. The second kappa shape index (κ2) is 7.17. The molecule has 1 N–H and O–H groups in total. The molecule has 0 radical (unpaired) electrons. The lowest BCUT2D eigenvalue weighted by atomic mass is 10.0. The maximum atomic E-state index is 12.2. The van der Waals surface area contributed by atoms with Crippen molar-refractivity contribution in [3.63, 3.8) is 0 Å². The molecule has 3 nitrogen and oxygen atoms in total. The molecule has 3 heteroatoms. The van der Waals surface area contributed by atoms with Crippen molar-refractivity contribution in [2.75, 3.05) is 7.11 Å². The maximum absolute atomic E-state index is 12.2. The molecule has 0 aliphatic rings. The number of hydrogen-bond acceptors (Lipinski definition) is 3. The van der Waals surface area contributed by atoms with Crippen LogP contribution in [0, 0.1) is 0 Å². The molecule has 0 heterocycles. The first kappa shape index (κ1) is 14.7. The van der Waals surface area contributed by atoms with Crippen LogP contribution in [0.3, 0.4) is 0 Å². The van der Waals surface area contributed by atoms with Gasteiger partial charge >= 0.3 is 0 Å². The Balaban J connectivity index is 2.67. The average Bonchev–Trinajstić information content (AvgIpc) is 2.43. The summed E-state index contributed by atoms with van der Waals surface area (Å²) in [5, 5.41) is 3.36. The van der Waals surface area contributed by atoms with Crippen molar-refractivity contribution in [1.29, 1.82) is 0 Å². The number of rotatable bonds is 7. The van der Waals surface area contributed by atoms with E-state index in [1.807, 2.05) is 31.2 Å². The van der Waals surface area contributed by atoms with E-state index < -0.39 is 0 Å². The maximum Gasteiger partial charge on any atom is 0.179 e. The van der Waals surface area contributed by atoms with Crippen LogP contribution >= 0.6 is 0 Å². The second-order valence-corrected chi connectivity index (χ2v) is 4.49. The smallest absolute Gasteiger partial charge is 0.179 e. The van der Waals surface area contributed by atoms with E-state index in [0.717, 1.165) is 24.2 Å². The Labute approximate surface area is 110 Å². The number of benzene rings is 1. The van der Waals surface area contributed by atoms with Crippen LogP contribution in [0.4, 0.5) is 0 Å². The zero-order valence-electron chi connectivity index (χ0n) is 11.7. The zero-order chi connectivity index (χ0) is 13.5. The number of Topliss-reactive ketones (excluding diaryl/α,β-unsaturated/α-hetero) is 1. The fourth-order valence-electron chi connectivity index (χ4n) is 1.96. The molecule has 1 atom stereocenters. The summed E-state index contributed by atoms with van der Waals surface area (Å²) in [6, 6.07) is 7.51. The van der Waals surface area contributed by atoms with E-state index in [9.17, 15) is 4.79 Å². The molecule has 0 aromatic heterocycles. The third-order valence-corrected chi connectivity index (χ3v) is 3.24. The van der Waals surface area contributed by atoms with Crippen molar-refractivity contribution >= 4 is 5.78 Å². The van der Waals surface area contributed by atoms with Gasteiger partial charge in [0.1, 0.15) is 5.75 Å². The molecule has 0 saturated carbocycles. The minimum absolute atomic E-state index is 0.129. The van der Waals surface area contributed by atoms with Gasteiger partial charge in [0.15, 0.2) is 5.78 Å². The molecule has 0 spiro atoms. The van der Waals surface area contributed by atoms with Crippen LogP contribution in [0.2, 0.25) is 0 Å². The Hall–Kier alpha value is -1.35. The van der Waals surface area contributed by atoms with Crippen molar-refractivity contribution in [1.82, 2.24) is 5.32 Å². The molecule has 18 heavy (non-hydrogen) atoms. The summed E-state index contributed by atoms with van der Waals surface area (Å²) in [5.74, 6) is 0.900. The molecule has 0 saturated heterocycles. The van der Waals surface area contributed by atoms with Gasteiger partial charge in [0.05, 0.1) is 13.2 Å². The fraction of sp³-hybridized carbons (Fsp3) is 0.533. The predicted octanol–water partition coefficient (Wildman–Crippen LogP) is 3.04. The highest BCUT2D eigenvalue weighted by Crippen LogP contribution is 2.13. The first-order valence-electron chi connectivity index (χ1n) is 6.56. The largest absolute Gasteiger partial charge is 0.497 e. The molecule has 0 fully saturated rings. The molecule has 0 bridgehead atoms. The highest BCUT2D eigenvalue weighted by atomic mass is 16.5. The summed E-state index contributed by atoms with van der Waals surface area (Å²) < 4.78 is 5.08. The van der Waals surface area contributed by atoms with Gasteiger partial charge in [-0.25, -0.2) is 0 Å². The molecule has 1 aromatic carbocycles. The first-order chi connectivity index (χ1) is 8.62. The van der Waals surface area contributed by atoms with Gasteiger partial charge in [-0.1, -0.05) is 13.8 Å². The minimum Gasteiger partial charge on any atom is -0.497 e. The van der Waals surface area contributed by atoms with Gasteiger partial charge in [-0.15, -0.1) is 0 Å². The number of methoxy groups -OCH3 is 1. The van der Waals surface area contributed by atoms with Gasteiger partial charge in [-0.05, 0) is 44.0 Å². The topological polar surface area (TPSA) is 38.3 Å². The van der Waals surface area contributed by atoms with Crippen molar-refractivity contribution in [2.24, 2.45) is 0 Å². The minimum atomic E-state index is -0.150. The highest BCUT2D eigenvalue weighted by molar-refractivity contribution is 5.99. The van der Waals surface area contributed by atoms with Crippen molar-refractivity contribution in [3.8, 4) is 5.75 Å². The van der Waals surface area contributed by atoms with Crippen molar-refractivity contribution < 1.29 is 9.53 Å². The number of nitrogens with one attached hydrogen (secondary N) is 1. The fourth-order valence-corrected chi connectivity index (χ4v) is 1.96. The molecule has 0 amide bonds. The zero-order valence-corrected chi connectivity index (χ0v) is 11.7. The van der Waals surface area contributed by atoms with Crippen LogP contribution < -0.4 is 10.1 Å². The summed E-state index contributed by atoms with van der Waals surface area (Å²) >= 11 is 0. The molecule has 0 aliphatic carbocycles. The summed E-state index contributed by atoms with van der Waals surface area (Å²) in [7, 11) is 1.62. The molecule has 1 rings (SSSR count). The Morgan fingerprint density at radius 2 is 1.78 bits per heavy atom. The summed E-state index contributed by atoms with van der Waals surface area (Å²) in [6.45, 7) is 6.18. The normalized spacial score (nSPS) is 12.5. The van der Waals surface area contributed by atoms with Crippen LogP contribution in [0.25, 0.3) is 0 Å². The Morgan fingerprint density at radius 1 is 1.22 bits per heavy atom. The number of carbonyl (C=O) groups excluding carboxylic acids is 1. The van der Waals surface area contributed by atoms with Gasteiger partial charge in [0.2, 0.25) is 0 Å². The van der Waals surface area contributed by atoms with Crippen LogP contribution in [0.1, 0.15) is 44.0 Å². The second-order valence-electron chi connectivity index (χ2n) is 4.49. The van der Waals surface area contributed by atoms with E-state index in [1.165, 1.54) is 0 Å². The van der Waals surface area contributed by atoms with E-state index in [4.69, 9.17) is 4.74 Å². The van der Waals surface area contributed by atoms with Crippen LogP contribution in [-0.2, 0) is 0 Å². The average molecular weight is 249 g/mol. The Kier molecular flexibility index (Phi) is 5.86. The Morgan fingerprint density at radius 3 is 2.22 bits per heavy atom. The summed E-state index contributed by atoms with van der Waals surface area (Å²) in [4.78, 5) is 12.2. The van der Waals surface area contributed by atoms with Crippen molar-refractivity contribution in [3.05, 3.63) is 29.8 Å². The van der Waals surface area contributed by atoms with E-state index >= 15 is 0 Å². The quantitative estimate of drug-likeness (QED) is 0.755. The van der Waals surface area contributed by atoms with E-state index in [2.05, 4.69) is 19.2 Å². The number of ether oxygens (including phenoxy) is 1. The van der Waals surface area contributed by atoms with Crippen LogP contribution in [0.5, 0.6) is 5.75 Å². The number of hydrogen-bond donors (Lipinski definition) is 1. The van der Waals surface area contributed by atoms with E-state index in [1.54, 1.807) is 7.11 Å². The van der Waals surface area contributed by atoms with Gasteiger partial charge in [-0.2, -0.15) is 0 Å². The lowest BCUT2D eigenvalue weighted by Crippen LogP contribution is -2.40. The standard InChI is InChI=1S/C15H23NO2/c1-5-13(6-2)16-11(3)15(17)12-7-9-14(18-4)10-8-12/h7-11,13,16H,5-6H2,1-4H3. The highest BCUT2D eigenvalue weighted by Gasteiger charge is 2.17. The lowest BCUT2D eigenvalue weighted by Gasteiger charge is -2.20. The molecular formula is C15H23NO2. The number of ketones is 1. The van der Waals surface area contributed by atoms with Gasteiger partial charge in [0.25, 0.3) is 0 Å². The van der Waals surface area contributed by atoms with E-state index in [-0.39, 0.29) is 11.8 Å². The molecular weight excluding hydrogens is 226 g/mol. The Bertz CT molecular complexity index is 369. The van der Waals surface area contributed by atoms with E-state index in [0.29, 0.717) is 6.04 Å². The van der Waals surface area contributed by atoms with Gasteiger partial charge in [-0.3, -0.25) is 4.79 Å². The molecule has 1 aromatic rings. The van der Waals surface area contributed by atoms with Gasteiger partial charge in [0, 0.05) is 11.6 Å².